The molecule has 2 aliphatic heterocycles. The number of benzene rings is 2. The number of rotatable bonds is 7. The maximum atomic E-state index is 4.75. The lowest BCUT2D eigenvalue weighted by molar-refractivity contribution is 0.184. The first kappa shape index (κ1) is 23.7. The van der Waals surface area contributed by atoms with E-state index >= 15 is 0 Å². The monoisotopic (exact) mass is 497 g/mol. The number of aromatic nitrogens is 4. The summed E-state index contributed by atoms with van der Waals surface area (Å²) in [4.78, 5) is 14.4. The van der Waals surface area contributed by atoms with Crippen molar-refractivity contribution in [2.75, 3.05) is 61.3 Å². The van der Waals surface area contributed by atoms with Crippen LogP contribution in [0, 0.1) is 19.8 Å². The highest BCUT2D eigenvalue weighted by molar-refractivity contribution is 5.90. The van der Waals surface area contributed by atoms with Crippen molar-refractivity contribution in [3.8, 4) is 0 Å². The zero-order valence-electron chi connectivity index (χ0n) is 21.8. The highest BCUT2D eigenvalue weighted by atomic mass is 15.3. The molecule has 0 saturated carbocycles. The molecule has 4 heterocycles. The Balaban J connectivity index is 1.11. The Bertz CT molecular complexity index is 1360. The summed E-state index contributed by atoms with van der Waals surface area (Å²) in [5.74, 6) is 2.15. The van der Waals surface area contributed by atoms with E-state index in [-0.39, 0.29) is 0 Å². The molecule has 2 aromatic carbocycles. The van der Waals surface area contributed by atoms with Crippen LogP contribution in [0.4, 0.5) is 28.8 Å². The number of anilines is 5. The maximum absolute atomic E-state index is 4.75. The molecule has 37 heavy (non-hydrogen) atoms. The molecule has 2 aromatic heterocycles. The quantitative estimate of drug-likeness (QED) is 0.355. The zero-order valence-corrected chi connectivity index (χ0v) is 21.8. The van der Waals surface area contributed by atoms with Crippen molar-refractivity contribution in [1.82, 2.24) is 30.0 Å². The molecule has 2 saturated heterocycles. The van der Waals surface area contributed by atoms with Crippen molar-refractivity contribution < 1.29 is 0 Å². The van der Waals surface area contributed by atoms with Gasteiger partial charge in [-0.05, 0) is 55.2 Å². The van der Waals surface area contributed by atoms with Crippen molar-refractivity contribution >= 4 is 39.9 Å². The summed E-state index contributed by atoms with van der Waals surface area (Å²) < 4.78 is 1.79. The third-order valence-electron chi connectivity index (χ3n) is 7.55. The average molecular weight is 498 g/mol. The van der Waals surface area contributed by atoms with Crippen LogP contribution in [0.3, 0.4) is 0 Å². The minimum absolute atomic E-state index is 0.556. The summed E-state index contributed by atoms with van der Waals surface area (Å²) in [5.41, 5.74) is 6.43. The topological polar surface area (TPSA) is 86.2 Å². The van der Waals surface area contributed by atoms with Crippen LogP contribution in [-0.4, -0.2) is 70.5 Å². The van der Waals surface area contributed by atoms with E-state index in [4.69, 9.17) is 4.98 Å². The molecular weight excluding hydrogens is 462 g/mol. The number of aryl methyl sites for hydroxylation is 3. The molecular formula is C28H35N9. The number of nitrogens with zero attached hydrogens (tertiary/aromatic N) is 6. The van der Waals surface area contributed by atoms with E-state index in [0.717, 1.165) is 60.3 Å². The summed E-state index contributed by atoms with van der Waals surface area (Å²) in [6, 6.07) is 14.8. The second-order valence-electron chi connectivity index (χ2n) is 10.3. The molecule has 4 aromatic rings. The van der Waals surface area contributed by atoms with Gasteiger partial charge in [0.2, 0.25) is 5.95 Å². The van der Waals surface area contributed by atoms with Gasteiger partial charge in [0.25, 0.3) is 0 Å². The Morgan fingerprint density at radius 3 is 2.35 bits per heavy atom. The number of piperazine rings is 1. The van der Waals surface area contributed by atoms with Crippen molar-refractivity contribution in [1.29, 1.82) is 0 Å². The standard InChI is InChI=1S/C28H35N9/c1-19-5-4-6-20(2)25(19)32-26-24-17-30-28(33-27(24)35(3)34-26)31-22-7-9-23(10-8-22)37-13-11-36(12-14-37)18-21-15-29-16-21/h4-10,17,21,29H,11-16,18H2,1-3H3,(H,32,34)(H,30,31,33). The van der Waals surface area contributed by atoms with Gasteiger partial charge in [-0.3, -0.25) is 4.90 Å². The molecule has 0 spiro atoms. The molecule has 192 valence electrons. The van der Waals surface area contributed by atoms with Crippen LogP contribution in [0.2, 0.25) is 0 Å². The normalized spacial score (nSPS) is 16.7. The van der Waals surface area contributed by atoms with Crippen LogP contribution in [0.5, 0.6) is 0 Å². The smallest absolute Gasteiger partial charge is 0.229 e. The lowest BCUT2D eigenvalue weighted by atomic mass is 10.0. The number of fused-ring (bicyclic) bond motifs is 1. The van der Waals surface area contributed by atoms with Crippen LogP contribution in [-0.2, 0) is 7.05 Å². The molecule has 0 atom stereocenters. The SMILES string of the molecule is Cc1cccc(C)c1Nc1nn(C)c2nc(Nc3ccc(N4CCN(CC5CNC5)CC4)cc3)ncc12. The molecule has 2 fully saturated rings. The van der Waals surface area contributed by atoms with E-state index in [2.05, 4.69) is 92.1 Å². The van der Waals surface area contributed by atoms with Gasteiger partial charge in [0, 0.05) is 76.1 Å². The zero-order chi connectivity index (χ0) is 25.4. The largest absolute Gasteiger partial charge is 0.369 e. The first-order chi connectivity index (χ1) is 18.0. The molecule has 0 unspecified atom stereocenters. The molecule has 6 rings (SSSR count). The first-order valence-electron chi connectivity index (χ1n) is 13.1. The van der Waals surface area contributed by atoms with Crippen LogP contribution >= 0.6 is 0 Å². The summed E-state index contributed by atoms with van der Waals surface area (Å²) in [6.07, 6.45) is 1.83. The Morgan fingerprint density at radius 1 is 0.946 bits per heavy atom. The van der Waals surface area contributed by atoms with Gasteiger partial charge in [-0.25, -0.2) is 9.67 Å². The Labute approximate surface area is 217 Å². The van der Waals surface area contributed by atoms with Gasteiger partial charge in [0.15, 0.2) is 11.5 Å². The third-order valence-corrected chi connectivity index (χ3v) is 7.55. The number of hydrogen-bond donors (Lipinski definition) is 3. The van der Waals surface area contributed by atoms with Crippen LogP contribution in [0.1, 0.15) is 11.1 Å². The summed E-state index contributed by atoms with van der Waals surface area (Å²) in [5, 5.41) is 15.8. The van der Waals surface area contributed by atoms with Crippen molar-refractivity contribution in [3.05, 3.63) is 59.8 Å². The number of hydrogen-bond acceptors (Lipinski definition) is 8. The highest BCUT2D eigenvalue weighted by Crippen LogP contribution is 2.29. The van der Waals surface area contributed by atoms with E-state index in [1.165, 1.54) is 36.4 Å². The van der Waals surface area contributed by atoms with Gasteiger partial charge >= 0.3 is 0 Å². The Hall–Kier alpha value is -3.69. The first-order valence-corrected chi connectivity index (χ1v) is 13.1. The van der Waals surface area contributed by atoms with Crippen LogP contribution < -0.4 is 20.9 Å². The summed E-state index contributed by atoms with van der Waals surface area (Å²) in [7, 11) is 1.91. The van der Waals surface area contributed by atoms with Gasteiger partial charge in [-0.1, -0.05) is 18.2 Å². The van der Waals surface area contributed by atoms with Crippen LogP contribution in [0.15, 0.2) is 48.7 Å². The lowest BCUT2D eigenvalue weighted by Crippen LogP contribution is -2.53. The van der Waals surface area contributed by atoms with E-state index in [1.54, 1.807) is 4.68 Å². The third kappa shape index (κ3) is 4.97. The van der Waals surface area contributed by atoms with E-state index in [0.29, 0.717) is 5.95 Å². The number of para-hydroxylation sites is 1. The highest BCUT2D eigenvalue weighted by Gasteiger charge is 2.23. The molecule has 0 radical (unpaired) electrons. The van der Waals surface area contributed by atoms with Crippen molar-refractivity contribution in [2.45, 2.75) is 13.8 Å². The fraction of sp³-hybridized carbons (Fsp3) is 0.393. The van der Waals surface area contributed by atoms with Crippen molar-refractivity contribution in [3.63, 3.8) is 0 Å². The predicted molar refractivity (Wildman–Crippen MR) is 150 cm³/mol. The van der Waals surface area contributed by atoms with E-state index in [1.807, 2.05) is 13.2 Å². The molecule has 0 aliphatic carbocycles. The predicted octanol–water partition coefficient (Wildman–Crippen LogP) is 3.81. The van der Waals surface area contributed by atoms with Gasteiger partial charge < -0.3 is 20.9 Å². The van der Waals surface area contributed by atoms with Gasteiger partial charge in [-0.2, -0.15) is 10.1 Å². The lowest BCUT2D eigenvalue weighted by Gasteiger charge is -2.39. The summed E-state index contributed by atoms with van der Waals surface area (Å²) in [6.45, 7) is 12.2. The Kier molecular flexibility index (Phi) is 6.40. The van der Waals surface area contributed by atoms with Crippen molar-refractivity contribution in [2.24, 2.45) is 13.0 Å². The Morgan fingerprint density at radius 2 is 1.68 bits per heavy atom. The average Bonchev–Trinajstić information content (AvgIpc) is 3.19. The summed E-state index contributed by atoms with van der Waals surface area (Å²) >= 11 is 0. The van der Waals surface area contributed by atoms with Gasteiger partial charge in [0.1, 0.15) is 0 Å². The maximum Gasteiger partial charge on any atom is 0.229 e. The second kappa shape index (κ2) is 9.99. The minimum atomic E-state index is 0.556. The molecule has 3 N–H and O–H groups in total. The molecule has 2 aliphatic rings. The van der Waals surface area contributed by atoms with Crippen LogP contribution in [0.25, 0.3) is 11.0 Å². The minimum Gasteiger partial charge on any atom is -0.369 e. The van der Waals surface area contributed by atoms with E-state index in [9.17, 15) is 0 Å². The number of nitrogens with one attached hydrogen (secondary N) is 3. The van der Waals surface area contributed by atoms with Gasteiger partial charge in [-0.15, -0.1) is 0 Å². The van der Waals surface area contributed by atoms with E-state index < -0.39 is 0 Å². The molecule has 9 heteroatoms. The fourth-order valence-corrected chi connectivity index (χ4v) is 5.24. The van der Waals surface area contributed by atoms with Gasteiger partial charge in [0.05, 0.1) is 5.39 Å². The second-order valence-corrected chi connectivity index (χ2v) is 10.3. The molecule has 0 bridgehead atoms. The molecule has 0 amide bonds. The fourth-order valence-electron chi connectivity index (χ4n) is 5.24. The molecule has 9 nitrogen and oxygen atoms in total.